The number of anilines is 1. The van der Waals surface area contributed by atoms with Crippen molar-refractivity contribution in [2.45, 2.75) is 45.8 Å². The number of aromatic nitrogens is 1. The van der Waals surface area contributed by atoms with Gasteiger partial charge in [0.25, 0.3) is 0 Å². The van der Waals surface area contributed by atoms with Gasteiger partial charge >= 0.3 is 11.8 Å². The Bertz CT molecular complexity index is 599. The maximum atomic E-state index is 11.3. The molecule has 1 fully saturated rings. The predicted molar refractivity (Wildman–Crippen MR) is 85.2 cm³/mol. The van der Waals surface area contributed by atoms with Gasteiger partial charge in [0.2, 0.25) is 0 Å². The van der Waals surface area contributed by atoms with Gasteiger partial charge in [0.05, 0.1) is 11.0 Å². The first kappa shape index (κ1) is 17.0. The van der Waals surface area contributed by atoms with Crippen molar-refractivity contribution in [2.24, 2.45) is 11.1 Å². The zero-order chi connectivity index (χ0) is 17.2. The standard InChI is InChI=1S/C15H22N4O4/c1-15(2,3)13(23-14(16)20)11-5-4-8-18(11)10-6-7-17-9-12(10)19(21)22/h6-7,9,11,13H,4-5,8H2,1-3H3,(H2,16,20)/t11?,13-/m0/s1. The van der Waals surface area contributed by atoms with Crippen LogP contribution in [0.4, 0.5) is 16.2 Å². The first-order valence-electron chi connectivity index (χ1n) is 7.53. The minimum absolute atomic E-state index is 0.0499. The molecular weight excluding hydrogens is 300 g/mol. The molecule has 1 aliphatic heterocycles. The van der Waals surface area contributed by atoms with Gasteiger partial charge in [-0.1, -0.05) is 20.8 Å². The summed E-state index contributed by atoms with van der Waals surface area (Å²) in [5.41, 5.74) is 5.32. The number of hydrogen-bond acceptors (Lipinski definition) is 6. The molecule has 0 saturated carbocycles. The van der Waals surface area contributed by atoms with Crippen molar-refractivity contribution >= 4 is 17.5 Å². The number of primary amides is 1. The molecule has 23 heavy (non-hydrogen) atoms. The fourth-order valence-electron chi connectivity index (χ4n) is 3.13. The van der Waals surface area contributed by atoms with Gasteiger partial charge in [-0.05, 0) is 18.9 Å². The summed E-state index contributed by atoms with van der Waals surface area (Å²) in [5.74, 6) is 0. The highest BCUT2D eigenvalue weighted by atomic mass is 16.6. The monoisotopic (exact) mass is 322 g/mol. The summed E-state index contributed by atoms with van der Waals surface area (Å²) in [6.45, 7) is 6.53. The van der Waals surface area contributed by atoms with Crippen molar-refractivity contribution < 1.29 is 14.5 Å². The van der Waals surface area contributed by atoms with E-state index in [0.717, 1.165) is 12.8 Å². The average molecular weight is 322 g/mol. The first-order valence-corrected chi connectivity index (χ1v) is 7.53. The normalized spacial score (nSPS) is 19.4. The Hall–Kier alpha value is -2.38. The summed E-state index contributed by atoms with van der Waals surface area (Å²) < 4.78 is 5.36. The van der Waals surface area contributed by atoms with Crippen LogP contribution in [0.5, 0.6) is 0 Å². The van der Waals surface area contributed by atoms with E-state index < -0.39 is 17.1 Å². The van der Waals surface area contributed by atoms with Gasteiger partial charge in [0.1, 0.15) is 18.0 Å². The number of nitrogens with two attached hydrogens (primary N) is 1. The molecule has 1 aromatic heterocycles. The van der Waals surface area contributed by atoms with Crippen LogP contribution in [0.2, 0.25) is 0 Å². The molecule has 1 amide bonds. The second-order valence-corrected chi connectivity index (χ2v) is 6.75. The van der Waals surface area contributed by atoms with E-state index in [2.05, 4.69) is 4.98 Å². The molecule has 1 aliphatic rings. The largest absolute Gasteiger partial charge is 0.444 e. The van der Waals surface area contributed by atoms with Gasteiger partial charge in [0.15, 0.2) is 0 Å². The van der Waals surface area contributed by atoms with Crippen LogP contribution < -0.4 is 10.6 Å². The molecule has 2 N–H and O–H groups in total. The maximum Gasteiger partial charge on any atom is 0.404 e. The van der Waals surface area contributed by atoms with E-state index in [1.165, 1.54) is 12.4 Å². The molecule has 2 rings (SSSR count). The SMILES string of the molecule is CC(C)(C)[C@@H](OC(N)=O)C1CCCN1c1ccncc1[N+](=O)[O-]. The average Bonchev–Trinajstić information content (AvgIpc) is 2.92. The van der Waals surface area contributed by atoms with E-state index in [1.807, 2.05) is 25.7 Å². The van der Waals surface area contributed by atoms with E-state index in [-0.39, 0.29) is 17.1 Å². The predicted octanol–water partition coefficient (Wildman–Crippen LogP) is 2.47. The van der Waals surface area contributed by atoms with Crippen LogP contribution in [-0.4, -0.2) is 34.7 Å². The number of carbonyl (C=O) groups is 1. The number of amides is 1. The van der Waals surface area contributed by atoms with E-state index in [4.69, 9.17) is 10.5 Å². The van der Waals surface area contributed by atoms with E-state index >= 15 is 0 Å². The Morgan fingerprint density at radius 3 is 2.83 bits per heavy atom. The van der Waals surface area contributed by atoms with Crippen LogP contribution >= 0.6 is 0 Å². The highest BCUT2D eigenvalue weighted by molar-refractivity contribution is 5.66. The number of rotatable bonds is 4. The molecule has 0 radical (unpaired) electrons. The molecule has 8 nitrogen and oxygen atoms in total. The number of carbonyl (C=O) groups excluding carboxylic acids is 1. The summed E-state index contributed by atoms with van der Waals surface area (Å²) in [6.07, 6.45) is 3.11. The Morgan fingerprint density at radius 2 is 2.26 bits per heavy atom. The first-order chi connectivity index (χ1) is 10.7. The van der Waals surface area contributed by atoms with Crippen LogP contribution in [0.3, 0.4) is 0 Å². The molecule has 8 heteroatoms. The Labute approximate surface area is 134 Å². The molecule has 0 bridgehead atoms. The summed E-state index contributed by atoms with van der Waals surface area (Å²) >= 11 is 0. The van der Waals surface area contributed by atoms with Gasteiger partial charge < -0.3 is 15.4 Å². The van der Waals surface area contributed by atoms with Gasteiger partial charge in [-0.25, -0.2) is 4.79 Å². The Morgan fingerprint density at radius 1 is 1.57 bits per heavy atom. The smallest absolute Gasteiger partial charge is 0.404 e. The van der Waals surface area contributed by atoms with Crippen LogP contribution in [-0.2, 0) is 4.74 Å². The summed E-state index contributed by atoms with van der Waals surface area (Å²) in [5, 5.41) is 11.3. The lowest BCUT2D eigenvalue weighted by Crippen LogP contribution is -2.49. The van der Waals surface area contributed by atoms with Crippen molar-refractivity contribution in [3.8, 4) is 0 Å². The number of hydrogen-bond donors (Lipinski definition) is 1. The van der Waals surface area contributed by atoms with Crippen molar-refractivity contribution in [1.82, 2.24) is 4.98 Å². The molecule has 0 spiro atoms. The molecular formula is C15H22N4O4. The molecule has 0 aromatic carbocycles. The topological polar surface area (TPSA) is 112 Å². The highest BCUT2D eigenvalue weighted by Crippen LogP contribution is 2.38. The van der Waals surface area contributed by atoms with Crippen LogP contribution in [0.25, 0.3) is 0 Å². The molecule has 2 atom stereocenters. The van der Waals surface area contributed by atoms with Crippen LogP contribution in [0.15, 0.2) is 18.5 Å². The van der Waals surface area contributed by atoms with Crippen LogP contribution in [0.1, 0.15) is 33.6 Å². The fourth-order valence-corrected chi connectivity index (χ4v) is 3.13. The van der Waals surface area contributed by atoms with E-state index in [9.17, 15) is 14.9 Å². The zero-order valence-corrected chi connectivity index (χ0v) is 13.6. The van der Waals surface area contributed by atoms with Gasteiger partial charge in [0, 0.05) is 18.2 Å². The summed E-state index contributed by atoms with van der Waals surface area (Å²) in [7, 11) is 0. The molecule has 126 valence electrons. The summed E-state index contributed by atoms with van der Waals surface area (Å²) in [4.78, 5) is 27.9. The van der Waals surface area contributed by atoms with Gasteiger partial charge in [-0.3, -0.25) is 15.1 Å². The lowest BCUT2D eigenvalue weighted by molar-refractivity contribution is -0.384. The van der Waals surface area contributed by atoms with Crippen molar-refractivity contribution in [1.29, 1.82) is 0 Å². The highest BCUT2D eigenvalue weighted by Gasteiger charge is 2.42. The quantitative estimate of drug-likeness (QED) is 0.673. The zero-order valence-electron chi connectivity index (χ0n) is 13.6. The molecule has 0 aliphatic carbocycles. The Kier molecular flexibility index (Phi) is 4.72. The second-order valence-electron chi connectivity index (χ2n) is 6.75. The van der Waals surface area contributed by atoms with Crippen LogP contribution in [0, 0.1) is 15.5 Å². The molecule has 2 heterocycles. The molecule has 1 aromatic rings. The third-order valence-electron chi connectivity index (χ3n) is 4.03. The molecule has 1 saturated heterocycles. The van der Waals surface area contributed by atoms with Crippen molar-refractivity contribution in [3.05, 3.63) is 28.6 Å². The number of nitrogens with zero attached hydrogens (tertiary/aromatic N) is 3. The lowest BCUT2D eigenvalue weighted by atomic mass is 9.83. The van der Waals surface area contributed by atoms with Gasteiger partial charge in [-0.15, -0.1) is 0 Å². The fraction of sp³-hybridized carbons (Fsp3) is 0.600. The molecule has 1 unspecified atom stereocenters. The minimum Gasteiger partial charge on any atom is -0.444 e. The van der Waals surface area contributed by atoms with E-state index in [0.29, 0.717) is 12.2 Å². The van der Waals surface area contributed by atoms with Crippen molar-refractivity contribution in [3.63, 3.8) is 0 Å². The summed E-state index contributed by atoms with van der Waals surface area (Å²) in [6, 6.07) is 1.46. The number of pyridine rings is 1. The van der Waals surface area contributed by atoms with Gasteiger partial charge in [-0.2, -0.15) is 0 Å². The minimum atomic E-state index is -0.832. The van der Waals surface area contributed by atoms with E-state index in [1.54, 1.807) is 6.07 Å². The lowest BCUT2D eigenvalue weighted by Gasteiger charge is -2.39. The number of nitro groups is 1. The second kappa shape index (κ2) is 6.39. The third kappa shape index (κ3) is 3.69. The Balaban J connectivity index is 2.39. The third-order valence-corrected chi connectivity index (χ3v) is 4.03. The number of ether oxygens (including phenoxy) is 1. The maximum absolute atomic E-state index is 11.3. The van der Waals surface area contributed by atoms with Crippen molar-refractivity contribution in [2.75, 3.05) is 11.4 Å².